The standard InChI is InChI=1S/C14H18O12/c1-19-11(15)23-7-5-6-8(24-12(16)20-2)10(26-14(18)22-4)9(7)25-13(17)21-3/h5-10H,1-4H3/t7-,8-,9+,10+/m0/s1. The van der Waals surface area contributed by atoms with Crippen LogP contribution in [0.25, 0.3) is 0 Å². The number of carbonyl (C=O) groups is 4. The molecular weight excluding hydrogens is 360 g/mol. The number of carbonyl (C=O) groups excluding carboxylic acids is 4. The molecule has 4 atom stereocenters. The Balaban J connectivity index is 3.17. The monoisotopic (exact) mass is 378 g/mol. The van der Waals surface area contributed by atoms with Gasteiger partial charge in [-0.2, -0.15) is 0 Å². The highest BCUT2D eigenvalue weighted by molar-refractivity contribution is 5.63. The molecule has 26 heavy (non-hydrogen) atoms. The van der Waals surface area contributed by atoms with Gasteiger partial charge in [-0.25, -0.2) is 19.2 Å². The van der Waals surface area contributed by atoms with Crippen LogP contribution in [-0.2, 0) is 37.9 Å². The summed E-state index contributed by atoms with van der Waals surface area (Å²) in [6.07, 6.45) is -7.41. The first kappa shape index (κ1) is 20.9. The second-order valence-electron chi connectivity index (χ2n) is 4.53. The van der Waals surface area contributed by atoms with Gasteiger partial charge in [0.1, 0.15) is 0 Å². The van der Waals surface area contributed by atoms with E-state index in [0.717, 1.165) is 28.4 Å². The summed E-state index contributed by atoms with van der Waals surface area (Å²) < 4.78 is 37.4. The summed E-state index contributed by atoms with van der Waals surface area (Å²) in [4.78, 5) is 45.8. The van der Waals surface area contributed by atoms with Gasteiger partial charge in [0, 0.05) is 0 Å². The van der Waals surface area contributed by atoms with Crippen LogP contribution in [0.4, 0.5) is 19.2 Å². The zero-order chi connectivity index (χ0) is 19.7. The van der Waals surface area contributed by atoms with E-state index in [1.54, 1.807) is 0 Å². The topological polar surface area (TPSA) is 142 Å². The quantitative estimate of drug-likeness (QED) is 0.393. The highest BCUT2D eigenvalue weighted by atomic mass is 16.8. The molecule has 1 aliphatic rings. The first-order valence-corrected chi connectivity index (χ1v) is 7.03. The van der Waals surface area contributed by atoms with Gasteiger partial charge in [0.25, 0.3) is 0 Å². The van der Waals surface area contributed by atoms with Crippen molar-refractivity contribution in [3.63, 3.8) is 0 Å². The fourth-order valence-corrected chi connectivity index (χ4v) is 1.93. The summed E-state index contributed by atoms with van der Waals surface area (Å²) in [6, 6.07) is 0. The predicted octanol–water partition coefficient (Wildman–Crippen LogP) is 1.16. The molecule has 0 amide bonds. The molecule has 0 saturated heterocycles. The zero-order valence-corrected chi connectivity index (χ0v) is 14.4. The zero-order valence-electron chi connectivity index (χ0n) is 14.4. The highest BCUT2D eigenvalue weighted by Crippen LogP contribution is 2.26. The second kappa shape index (κ2) is 9.96. The number of hydrogen-bond acceptors (Lipinski definition) is 12. The second-order valence-corrected chi connectivity index (χ2v) is 4.53. The minimum absolute atomic E-state index is 1.04. The molecule has 0 aromatic rings. The van der Waals surface area contributed by atoms with Gasteiger partial charge in [-0.05, 0) is 12.2 Å². The summed E-state index contributed by atoms with van der Waals surface area (Å²) in [5.74, 6) is 0. The Labute approximate surface area is 147 Å². The molecular formula is C14H18O12. The highest BCUT2D eigenvalue weighted by Gasteiger charge is 2.46. The molecule has 12 nitrogen and oxygen atoms in total. The van der Waals surface area contributed by atoms with Crippen LogP contribution < -0.4 is 0 Å². The van der Waals surface area contributed by atoms with Gasteiger partial charge >= 0.3 is 24.6 Å². The molecule has 0 heterocycles. The lowest BCUT2D eigenvalue weighted by Gasteiger charge is -2.35. The first-order valence-electron chi connectivity index (χ1n) is 7.03. The van der Waals surface area contributed by atoms with Crippen molar-refractivity contribution >= 4 is 24.6 Å². The molecule has 0 N–H and O–H groups in total. The molecule has 12 heteroatoms. The molecule has 0 spiro atoms. The minimum Gasteiger partial charge on any atom is -0.438 e. The number of methoxy groups -OCH3 is 4. The van der Waals surface area contributed by atoms with E-state index < -0.39 is 49.0 Å². The van der Waals surface area contributed by atoms with Crippen molar-refractivity contribution < 1.29 is 57.1 Å². The maximum Gasteiger partial charge on any atom is 0.508 e. The van der Waals surface area contributed by atoms with E-state index in [1.165, 1.54) is 12.2 Å². The van der Waals surface area contributed by atoms with E-state index in [9.17, 15) is 19.2 Å². The Morgan fingerprint density at radius 2 is 0.808 bits per heavy atom. The Hall–Kier alpha value is -3.18. The van der Waals surface area contributed by atoms with Crippen molar-refractivity contribution in [2.75, 3.05) is 28.4 Å². The van der Waals surface area contributed by atoms with Crippen molar-refractivity contribution in [1.82, 2.24) is 0 Å². The third-order valence-electron chi connectivity index (χ3n) is 3.06. The van der Waals surface area contributed by atoms with Crippen LogP contribution in [0.2, 0.25) is 0 Å². The lowest BCUT2D eigenvalue weighted by molar-refractivity contribution is -0.127. The van der Waals surface area contributed by atoms with Crippen molar-refractivity contribution in [3.8, 4) is 0 Å². The maximum absolute atomic E-state index is 11.5. The van der Waals surface area contributed by atoms with E-state index in [0.29, 0.717) is 0 Å². The molecule has 0 radical (unpaired) electrons. The fourth-order valence-electron chi connectivity index (χ4n) is 1.93. The smallest absolute Gasteiger partial charge is 0.438 e. The van der Waals surface area contributed by atoms with Crippen molar-refractivity contribution in [2.24, 2.45) is 0 Å². The van der Waals surface area contributed by atoms with E-state index in [1.807, 2.05) is 0 Å². The van der Waals surface area contributed by atoms with Crippen LogP contribution in [0.15, 0.2) is 12.2 Å². The van der Waals surface area contributed by atoms with Crippen LogP contribution in [0.1, 0.15) is 0 Å². The number of ether oxygens (including phenoxy) is 8. The first-order chi connectivity index (χ1) is 12.4. The lowest BCUT2D eigenvalue weighted by Crippen LogP contribution is -2.53. The summed E-state index contributed by atoms with van der Waals surface area (Å²) in [6.45, 7) is 0. The number of hydrogen-bond donors (Lipinski definition) is 0. The molecule has 0 unspecified atom stereocenters. The molecule has 1 aliphatic carbocycles. The van der Waals surface area contributed by atoms with E-state index in [4.69, 9.17) is 18.9 Å². The van der Waals surface area contributed by atoms with Crippen LogP contribution in [0.5, 0.6) is 0 Å². The van der Waals surface area contributed by atoms with Gasteiger partial charge in [-0.3, -0.25) is 0 Å². The Morgan fingerprint density at radius 1 is 0.538 bits per heavy atom. The van der Waals surface area contributed by atoms with E-state index >= 15 is 0 Å². The molecule has 0 aromatic heterocycles. The van der Waals surface area contributed by atoms with Gasteiger partial charge in [0.05, 0.1) is 28.4 Å². The van der Waals surface area contributed by atoms with Crippen LogP contribution >= 0.6 is 0 Å². The third kappa shape index (κ3) is 5.72. The van der Waals surface area contributed by atoms with Crippen LogP contribution in [0.3, 0.4) is 0 Å². The van der Waals surface area contributed by atoms with Crippen LogP contribution in [0, 0.1) is 0 Å². The summed E-state index contributed by atoms with van der Waals surface area (Å²) >= 11 is 0. The summed E-state index contributed by atoms with van der Waals surface area (Å²) in [5.41, 5.74) is 0. The summed E-state index contributed by atoms with van der Waals surface area (Å²) in [7, 11) is 4.21. The lowest BCUT2D eigenvalue weighted by atomic mass is 9.95. The average Bonchev–Trinajstić information content (AvgIpc) is 2.65. The molecule has 146 valence electrons. The molecule has 0 bridgehead atoms. The minimum atomic E-state index is -1.44. The SMILES string of the molecule is COC(=O)O[C@H]1[C@H](OC(=O)OC)[C@@H](OC(=O)OC)C=C[C@@H]1OC(=O)OC. The van der Waals surface area contributed by atoms with Crippen molar-refractivity contribution in [1.29, 1.82) is 0 Å². The molecule has 1 rings (SSSR count). The summed E-state index contributed by atoms with van der Waals surface area (Å²) in [5, 5.41) is 0. The molecule has 0 fully saturated rings. The largest absolute Gasteiger partial charge is 0.508 e. The van der Waals surface area contributed by atoms with Crippen molar-refractivity contribution in [2.45, 2.75) is 24.4 Å². The van der Waals surface area contributed by atoms with Gasteiger partial charge in [-0.1, -0.05) is 0 Å². The third-order valence-corrected chi connectivity index (χ3v) is 3.06. The molecule has 0 aromatic carbocycles. The normalized spacial score (nSPS) is 23.8. The molecule has 0 aliphatic heterocycles. The predicted molar refractivity (Wildman–Crippen MR) is 78.3 cm³/mol. The van der Waals surface area contributed by atoms with Gasteiger partial charge in [0.15, 0.2) is 24.4 Å². The average molecular weight is 378 g/mol. The van der Waals surface area contributed by atoms with E-state index in [2.05, 4.69) is 18.9 Å². The Morgan fingerprint density at radius 3 is 1.08 bits per heavy atom. The van der Waals surface area contributed by atoms with Gasteiger partial charge < -0.3 is 37.9 Å². The Kier molecular flexibility index (Phi) is 7.99. The Bertz CT molecular complexity index is 508. The molecule has 0 saturated carbocycles. The van der Waals surface area contributed by atoms with Gasteiger partial charge in [0.2, 0.25) is 0 Å². The van der Waals surface area contributed by atoms with E-state index in [-0.39, 0.29) is 0 Å². The van der Waals surface area contributed by atoms with Gasteiger partial charge in [-0.15, -0.1) is 0 Å². The maximum atomic E-state index is 11.5. The fraction of sp³-hybridized carbons (Fsp3) is 0.571. The number of rotatable bonds is 4. The van der Waals surface area contributed by atoms with Crippen molar-refractivity contribution in [3.05, 3.63) is 12.2 Å². The van der Waals surface area contributed by atoms with Crippen LogP contribution in [-0.4, -0.2) is 77.5 Å².